The third-order valence-electron chi connectivity index (χ3n) is 6.02. The molecule has 0 bridgehead atoms. The summed E-state index contributed by atoms with van der Waals surface area (Å²) >= 11 is 0. The van der Waals surface area contributed by atoms with Gasteiger partial charge < -0.3 is 9.47 Å². The quantitative estimate of drug-likeness (QED) is 0.577. The van der Waals surface area contributed by atoms with E-state index in [0.717, 1.165) is 47.9 Å². The summed E-state index contributed by atoms with van der Waals surface area (Å²) in [7, 11) is 1.68. The third kappa shape index (κ3) is 4.65. The van der Waals surface area contributed by atoms with E-state index in [0.29, 0.717) is 12.6 Å². The van der Waals surface area contributed by atoms with Crippen molar-refractivity contribution in [3.8, 4) is 16.9 Å². The Morgan fingerprint density at radius 2 is 2.00 bits per heavy atom. The number of nitrogens with zero attached hydrogens (tertiary/aromatic N) is 4. The van der Waals surface area contributed by atoms with Gasteiger partial charge in [-0.1, -0.05) is 18.2 Å². The van der Waals surface area contributed by atoms with Crippen LogP contribution in [0.2, 0.25) is 0 Å². The largest absolute Gasteiger partial charge is 0.497 e. The zero-order valence-electron chi connectivity index (χ0n) is 19.1. The van der Waals surface area contributed by atoms with Gasteiger partial charge in [0.2, 0.25) is 0 Å². The second kappa shape index (κ2) is 9.20. The summed E-state index contributed by atoms with van der Waals surface area (Å²) in [6.45, 7) is 12.0. The molecule has 164 valence electrons. The van der Waals surface area contributed by atoms with Gasteiger partial charge in [0, 0.05) is 48.7 Å². The van der Waals surface area contributed by atoms with Crippen molar-refractivity contribution in [2.75, 3.05) is 26.8 Å². The van der Waals surface area contributed by atoms with Crippen LogP contribution in [0.5, 0.6) is 5.75 Å². The smallest absolute Gasteiger partial charge is 0.119 e. The number of rotatable bonds is 6. The lowest BCUT2D eigenvalue weighted by molar-refractivity contribution is -0.0351. The molecule has 0 saturated carbocycles. The average Bonchev–Trinajstić information content (AvgIpc) is 3.08. The van der Waals surface area contributed by atoms with E-state index in [1.165, 1.54) is 11.3 Å². The molecule has 3 aromatic rings. The number of aryl methyl sites for hydroxylation is 1. The topological polar surface area (TPSA) is 52.4 Å². The lowest BCUT2D eigenvalue weighted by Gasteiger charge is -2.32. The summed E-state index contributed by atoms with van der Waals surface area (Å²) in [5.41, 5.74) is 6.85. The van der Waals surface area contributed by atoms with Crippen LogP contribution in [0.25, 0.3) is 11.1 Å². The Bertz CT molecular complexity index is 1030. The van der Waals surface area contributed by atoms with Crippen LogP contribution < -0.4 is 4.74 Å². The fourth-order valence-electron chi connectivity index (χ4n) is 4.25. The molecule has 0 aliphatic carbocycles. The summed E-state index contributed by atoms with van der Waals surface area (Å²) in [6.07, 6.45) is 1.90. The molecule has 1 aliphatic heterocycles. The van der Waals surface area contributed by atoms with Gasteiger partial charge in [-0.05, 0) is 51.5 Å². The average molecular weight is 421 g/mol. The molecule has 4 rings (SSSR count). The predicted molar refractivity (Wildman–Crippen MR) is 122 cm³/mol. The molecule has 0 spiro atoms. The molecule has 31 heavy (non-hydrogen) atoms. The molecular formula is C25H32N4O2. The van der Waals surface area contributed by atoms with E-state index in [-0.39, 0.29) is 6.10 Å². The number of hydrogen-bond acceptors (Lipinski definition) is 5. The van der Waals surface area contributed by atoms with Crippen LogP contribution in [0, 0.1) is 13.8 Å². The number of methoxy groups -OCH3 is 1. The summed E-state index contributed by atoms with van der Waals surface area (Å²) in [5, 5.41) is 4.74. The molecule has 1 saturated heterocycles. The molecule has 1 fully saturated rings. The summed E-state index contributed by atoms with van der Waals surface area (Å²) in [5.74, 6) is 0.846. The monoisotopic (exact) mass is 420 g/mol. The van der Waals surface area contributed by atoms with Crippen LogP contribution in [-0.2, 0) is 11.3 Å². The number of pyridine rings is 1. The van der Waals surface area contributed by atoms with Gasteiger partial charge in [0.15, 0.2) is 0 Å². The minimum Gasteiger partial charge on any atom is -0.497 e. The van der Waals surface area contributed by atoms with Crippen molar-refractivity contribution in [2.45, 2.75) is 46.4 Å². The maximum absolute atomic E-state index is 6.07. The van der Waals surface area contributed by atoms with Crippen molar-refractivity contribution < 1.29 is 9.47 Å². The Hall–Kier alpha value is -2.70. The highest BCUT2D eigenvalue weighted by Gasteiger charge is 2.25. The van der Waals surface area contributed by atoms with E-state index in [2.05, 4.69) is 55.5 Å². The minimum atomic E-state index is -0.0196. The Balaban J connectivity index is 1.46. The van der Waals surface area contributed by atoms with Gasteiger partial charge in [0.05, 0.1) is 25.1 Å². The molecule has 1 aliphatic rings. The van der Waals surface area contributed by atoms with Gasteiger partial charge in [0.25, 0.3) is 0 Å². The van der Waals surface area contributed by atoms with Crippen molar-refractivity contribution in [3.05, 3.63) is 65.2 Å². The lowest BCUT2D eigenvalue weighted by atomic mass is 10.1. The number of hydrogen-bond donors (Lipinski definition) is 0. The lowest BCUT2D eigenvalue weighted by Crippen LogP contribution is -2.38. The molecule has 0 N–H and O–H groups in total. The van der Waals surface area contributed by atoms with Gasteiger partial charge in [-0.3, -0.25) is 14.6 Å². The van der Waals surface area contributed by atoms with E-state index in [9.17, 15) is 0 Å². The maximum Gasteiger partial charge on any atom is 0.119 e. The van der Waals surface area contributed by atoms with Crippen LogP contribution in [0.3, 0.4) is 0 Å². The van der Waals surface area contributed by atoms with E-state index in [1.807, 2.05) is 24.4 Å². The second-order valence-electron chi connectivity index (χ2n) is 8.49. The van der Waals surface area contributed by atoms with Gasteiger partial charge in [-0.15, -0.1) is 0 Å². The Morgan fingerprint density at radius 1 is 1.16 bits per heavy atom. The predicted octanol–water partition coefficient (Wildman–Crippen LogP) is 4.72. The molecule has 0 radical (unpaired) electrons. The van der Waals surface area contributed by atoms with E-state index >= 15 is 0 Å². The molecule has 1 atom stereocenters. The van der Waals surface area contributed by atoms with Crippen molar-refractivity contribution in [1.29, 1.82) is 0 Å². The van der Waals surface area contributed by atoms with Crippen molar-refractivity contribution in [3.63, 3.8) is 0 Å². The molecule has 6 nitrogen and oxygen atoms in total. The third-order valence-corrected chi connectivity index (χ3v) is 6.02. The molecule has 1 aromatic carbocycles. The van der Waals surface area contributed by atoms with Crippen LogP contribution in [0.1, 0.15) is 48.6 Å². The highest BCUT2D eigenvalue weighted by Crippen LogP contribution is 2.27. The van der Waals surface area contributed by atoms with Crippen LogP contribution in [0.15, 0.2) is 42.6 Å². The molecule has 6 heteroatoms. The van der Waals surface area contributed by atoms with Crippen molar-refractivity contribution >= 4 is 0 Å². The van der Waals surface area contributed by atoms with Gasteiger partial charge in [-0.25, -0.2) is 0 Å². The van der Waals surface area contributed by atoms with E-state index in [1.54, 1.807) is 7.11 Å². The molecule has 2 aromatic heterocycles. The highest BCUT2D eigenvalue weighted by atomic mass is 16.5. The van der Waals surface area contributed by atoms with Crippen LogP contribution >= 0.6 is 0 Å². The maximum atomic E-state index is 6.07. The first-order valence-corrected chi connectivity index (χ1v) is 10.9. The van der Waals surface area contributed by atoms with Gasteiger partial charge in [-0.2, -0.15) is 5.10 Å². The molecular weight excluding hydrogens is 388 g/mol. The fourth-order valence-corrected chi connectivity index (χ4v) is 4.25. The normalized spacial score (nSPS) is 17.3. The van der Waals surface area contributed by atoms with Gasteiger partial charge >= 0.3 is 0 Å². The Kier molecular flexibility index (Phi) is 6.39. The first kappa shape index (κ1) is 21.5. The number of morpholine rings is 1. The Labute approximate surface area is 184 Å². The van der Waals surface area contributed by atoms with E-state index < -0.39 is 0 Å². The molecule has 3 heterocycles. The van der Waals surface area contributed by atoms with Crippen molar-refractivity contribution in [2.24, 2.45) is 0 Å². The number of aromatic nitrogens is 3. The minimum absolute atomic E-state index is 0.0196. The van der Waals surface area contributed by atoms with Crippen LogP contribution in [-0.4, -0.2) is 46.5 Å². The van der Waals surface area contributed by atoms with Crippen LogP contribution in [0.4, 0.5) is 0 Å². The molecule has 1 unspecified atom stereocenters. The number of ether oxygens (including phenoxy) is 2. The first-order valence-electron chi connectivity index (χ1n) is 10.9. The standard InChI is InChI=1S/C25H32N4O2/c1-17(2)29-19(4)23(18(3)27-29)15-28-11-12-31-25(16-28)24-10-9-21(14-26-24)20-7-6-8-22(13-20)30-5/h6-10,13-14,17,25H,11-12,15-16H2,1-5H3. The zero-order chi connectivity index (χ0) is 22.0. The Morgan fingerprint density at radius 3 is 2.68 bits per heavy atom. The molecule has 0 amide bonds. The summed E-state index contributed by atoms with van der Waals surface area (Å²) in [6, 6.07) is 12.6. The second-order valence-corrected chi connectivity index (χ2v) is 8.49. The van der Waals surface area contributed by atoms with Crippen molar-refractivity contribution in [1.82, 2.24) is 19.7 Å². The summed E-state index contributed by atoms with van der Waals surface area (Å²) < 4.78 is 13.5. The summed E-state index contributed by atoms with van der Waals surface area (Å²) in [4.78, 5) is 7.18. The first-order chi connectivity index (χ1) is 15.0. The number of benzene rings is 1. The fraction of sp³-hybridized carbons (Fsp3) is 0.440. The SMILES string of the molecule is COc1cccc(-c2ccc(C3CN(Cc4c(C)nn(C(C)C)c4C)CCO3)nc2)c1. The highest BCUT2D eigenvalue weighted by molar-refractivity contribution is 5.64. The zero-order valence-corrected chi connectivity index (χ0v) is 19.1. The van der Waals surface area contributed by atoms with Gasteiger partial charge in [0.1, 0.15) is 11.9 Å². The van der Waals surface area contributed by atoms with E-state index in [4.69, 9.17) is 19.6 Å².